The molecule has 0 fully saturated rings. The summed E-state index contributed by atoms with van der Waals surface area (Å²) in [7, 11) is 0. The number of carbonyl (C=O) groups is 4. The molecular formula is C24H29N3O8. The number of unbranched alkanes of at least 4 members (excludes halogenated alkanes) is 1. The third-order valence-corrected chi connectivity index (χ3v) is 4.86. The second-order valence-corrected chi connectivity index (χ2v) is 7.50. The average molecular weight is 488 g/mol. The van der Waals surface area contributed by atoms with Gasteiger partial charge in [0.25, 0.3) is 0 Å². The van der Waals surface area contributed by atoms with E-state index in [1.54, 1.807) is 60.7 Å². The van der Waals surface area contributed by atoms with Gasteiger partial charge in [-0.25, -0.2) is 14.4 Å². The first-order valence-electron chi connectivity index (χ1n) is 11.0. The lowest BCUT2D eigenvalue weighted by atomic mass is 10.1. The van der Waals surface area contributed by atoms with Gasteiger partial charge in [0.1, 0.15) is 19.3 Å². The van der Waals surface area contributed by atoms with Crippen LogP contribution in [0.15, 0.2) is 60.7 Å². The van der Waals surface area contributed by atoms with Gasteiger partial charge in [-0.15, -0.1) is 0 Å². The molecule has 2 aromatic rings. The molecule has 2 rings (SSSR count). The number of nitrogens with zero attached hydrogens (tertiary/aromatic N) is 1. The van der Waals surface area contributed by atoms with Crippen molar-refractivity contribution in [1.82, 2.24) is 10.2 Å². The van der Waals surface area contributed by atoms with Gasteiger partial charge in [0.15, 0.2) is 0 Å². The van der Waals surface area contributed by atoms with Crippen LogP contribution in [-0.2, 0) is 32.3 Å². The average Bonchev–Trinajstić information content (AvgIpc) is 2.86. The fourth-order valence-corrected chi connectivity index (χ4v) is 3.06. The summed E-state index contributed by atoms with van der Waals surface area (Å²) in [5.74, 6) is -2.77. The number of benzene rings is 2. The smallest absolute Gasteiger partial charge is 0.420 e. The summed E-state index contributed by atoms with van der Waals surface area (Å²) in [6, 6.07) is 15.9. The molecular weight excluding hydrogens is 458 g/mol. The molecule has 188 valence electrons. The molecule has 11 heteroatoms. The number of nitrogens with two attached hydrogens (primary N) is 1. The van der Waals surface area contributed by atoms with Crippen molar-refractivity contribution in [1.29, 1.82) is 0 Å². The molecule has 2 atom stereocenters. The highest BCUT2D eigenvalue weighted by Crippen LogP contribution is 2.16. The maximum atomic E-state index is 13.0. The second kappa shape index (κ2) is 14.3. The molecule has 0 aliphatic heterocycles. The van der Waals surface area contributed by atoms with Crippen LogP contribution in [0, 0.1) is 0 Å². The topological polar surface area (TPSA) is 168 Å². The van der Waals surface area contributed by atoms with Crippen LogP contribution in [0.2, 0.25) is 0 Å². The van der Waals surface area contributed by atoms with Crippen LogP contribution in [0.4, 0.5) is 9.59 Å². The Hall–Kier alpha value is -3.96. The number of carbonyl (C=O) groups excluding carboxylic acids is 3. The Balaban J connectivity index is 2.26. The fraction of sp³-hybridized carbons (Fsp3) is 0.333. The van der Waals surface area contributed by atoms with E-state index >= 15 is 0 Å². The van der Waals surface area contributed by atoms with Gasteiger partial charge in [-0.2, -0.15) is 4.90 Å². The van der Waals surface area contributed by atoms with Crippen molar-refractivity contribution in [3.63, 3.8) is 0 Å². The summed E-state index contributed by atoms with van der Waals surface area (Å²) >= 11 is 0. The summed E-state index contributed by atoms with van der Waals surface area (Å²) in [5.41, 5.74) is 6.80. The Morgan fingerprint density at radius 3 is 1.77 bits per heavy atom. The van der Waals surface area contributed by atoms with Crippen LogP contribution in [0.1, 0.15) is 30.4 Å². The Morgan fingerprint density at radius 2 is 1.34 bits per heavy atom. The highest BCUT2D eigenvalue weighted by atomic mass is 16.6. The van der Waals surface area contributed by atoms with Crippen LogP contribution in [0.5, 0.6) is 0 Å². The zero-order valence-corrected chi connectivity index (χ0v) is 19.0. The van der Waals surface area contributed by atoms with Gasteiger partial charge in [0.05, 0.1) is 0 Å². The number of amides is 3. The summed E-state index contributed by atoms with van der Waals surface area (Å²) in [6.07, 6.45) is -3.82. The highest BCUT2D eigenvalue weighted by molar-refractivity contribution is 5.96. The molecule has 0 spiro atoms. The molecule has 0 heterocycles. The Labute approximate surface area is 202 Å². The molecule has 2 aromatic carbocycles. The van der Waals surface area contributed by atoms with Crippen LogP contribution in [-0.4, -0.2) is 58.0 Å². The van der Waals surface area contributed by atoms with Gasteiger partial charge in [-0.1, -0.05) is 60.7 Å². The van der Waals surface area contributed by atoms with E-state index in [4.69, 9.17) is 20.3 Å². The summed E-state index contributed by atoms with van der Waals surface area (Å²) in [4.78, 5) is 50.3. The first-order valence-corrected chi connectivity index (χ1v) is 11.0. The Morgan fingerprint density at radius 1 is 0.857 bits per heavy atom. The van der Waals surface area contributed by atoms with E-state index in [1.807, 2.05) is 5.32 Å². The maximum absolute atomic E-state index is 13.0. The lowest BCUT2D eigenvalue weighted by molar-refractivity contribution is -0.152. The number of carboxylic acid groups (broad SMARTS) is 1. The summed E-state index contributed by atoms with van der Waals surface area (Å²) in [6.45, 7) is -0.0724. The minimum Gasteiger partial charge on any atom is -0.478 e. The number of hydrogen-bond acceptors (Lipinski definition) is 8. The van der Waals surface area contributed by atoms with Gasteiger partial charge in [-0.3, -0.25) is 4.79 Å². The zero-order chi connectivity index (χ0) is 25.6. The van der Waals surface area contributed by atoms with Crippen LogP contribution >= 0.6 is 0 Å². The van der Waals surface area contributed by atoms with Crippen molar-refractivity contribution < 1.29 is 38.9 Å². The van der Waals surface area contributed by atoms with E-state index in [-0.39, 0.29) is 19.6 Å². The zero-order valence-electron chi connectivity index (χ0n) is 19.0. The molecule has 5 N–H and O–H groups in total. The first-order chi connectivity index (χ1) is 16.8. The molecule has 0 aromatic heterocycles. The quantitative estimate of drug-likeness (QED) is 0.258. The maximum Gasteiger partial charge on any atom is 0.420 e. The van der Waals surface area contributed by atoms with E-state index in [2.05, 4.69) is 0 Å². The number of hydrogen-bond donors (Lipinski definition) is 4. The number of aliphatic carboxylic acids is 1. The van der Waals surface area contributed by atoms with E-state index in [1.165, 1.54) is 0 Å². The second-order valence-electron chi connectivity index (χ2n) is 7.50. The molecule has 1 unspecified atom stereocenters. The van der Waals surface area contributed by atoms with Gasteiger partial charge in [0, 0.05) is 0 Å². The number of carboxylic acids is 1. The fourth-order valence-electron chi connectivity index (χ4n) is 3.06. The SMILES string of the molecule is NCCCC[C@@H](C(=O)NC(O)C(=O)O)N(C(=O)OCc1ccccc1)C(=O)OCc1ccccc1. The van der Waals surface area contributed by atoms with E-state index < -0.39 is 36.3 Å². The third-order valence-electron chi connectivity index (χ3n) is 4.86. The normalized spacial score (nSPS) is 12.2. The number of aliphatic hydroxyl groups excluding tert-OH is 1. The lowest BCUT2D eigenvalue weighted by Crippen LogP contribution is -2.55. The van der Waals surface area contributed by atoms with Gasteiger partial charge in [0.2, 0.25) is 12.1 Å². The summed E-state index contributed by atoms with van der Waals surface area (Å²) < 4.78 is 10.5. The minimum atomic E-state index is -2.23. The Bertz CT molecular complexity index is 916. The van der Waals surface area contributed by atoms with Crippen molar-refractivity contribution in [2.24, 2.45) is 5.73 Å². The predicted molar refractivity (Wildman–Crippen MR) is 124 cm³/mol. The van der Waals surface area contributed by atoms with Gasteiger partial charge in [-0.05, 0) is 36.9 Å². The number of ether oxygens (including phenoxy) is 2. The minimum absolute atomic E-state index is 0.0593. The molecule has 0 bridgehead atoms. The molecule has 11 nitrogen and oxygen atoms in total. The monoisotopic (exact) mass is 487 g/mol. The molecule has 0 aliphatic carbocycles. The number of aliphatic hydroxyl groups is 1. The molecule has 0 saturated carbocycles. The van der Waals surface area contributed by atoms with Crippen molar-refractivity contribution in [3.05, 3.63) is 71.8 Å². The Kier molecular flexibility index (Phi) is 11.2. The van der Waals surface area contributed by atoms with Crippen molar-refractivity contribution in [2.45, 2.75) is 44.7 Å². The van der Waals surface area contributed by atoms with Crippen LogP contribution < -0.4 is 11.1 Å². The van der Waals surface area contributed by atoms with Crippen LogP contribution in [0.25, 0.3) is 0 Å². The molecule has 0 radical (unpaired) electrons. The van der Waals surface area contributed by atoms with Gasteiger partial charge >= 0.3 is 18.2 Å². The van der Waals surface area contributed by atoms with E-state index in [0.29, 0.717) is 35.4 Å². The molecule has 0 saturated heterocycles. The first kappa shape index (κ1) is 27.3. The summed E-state index contributed by atoms with van der Waals surface area (Å²) in [5, 5.41) is 20.4. The third kappa shape index (κ3) is 9.07. The molecule has 3 amide bonds. The van der Waals surface area contributed by atoms with Crippen molar-refractivity contribution in [3.8, 4) is 0 Å². The molecule has 35 heavy (non-hydrogen) atoms. The largest absolute Gasteiger partial charge is 0.478 e. The van der Waals surface area contributed by atoms with Crippen LogP contribution in [0.3, 0.4) is 0 Å². The van der Waals surface area contributed by atoms with E-state index in [9.17, 15) is 24.3 Å². The predicted octanol–water partition coefficient (Wildman–Crippen LogP) is 1.98. The highest BCUT2D eigenvalue weighted by Gasteiger charge is 2.38. The van der Waals surface area contributed by atoms with Crippen molar-refractivity contribution in [2.75, 3.05) is 6.54 Å². The lowest BCUT2D eigenvalue weighted by Gasteiger charge is -2.28. The number of imide groups is 1. The van der Waals surface area contributed by atoms with Gasteiger partial charge < -0.3 is 30.7 Å². The van der Waals surface area contributed by atoms with Crippen molar-refractivity contribution >= 4 is 24.1 Å². The number of rotatable bonds is 12. The standard InChI is InChI=1S/C24H29N3O8/c25-14-8-7-13-19(20(28)26-21(29)22(30)31)27(23(32)34-15-17-9-3-1-4-10-17)24(33)35-16-18-11-5-2-6-12-18/h1-6,9-12,19,21,29H,7-8,13-16,25H2,(H,26,28)(H,30,31)/t19-,21?/m0/s1. The molecule has 0 aliphatic rings. The van der Waals surface area contributed by atoms with E-state index in [0.717, 1.165) is 0 Å². The number of nitrogens with one attached hydrogen (secondary N) is 1.